The number of allylic oxidation sites excluding steroid dienone is 1. The summed E-state index contributed by atoms with van der Waals surface area (Å²) in [5, 5.41) is 15.8. The third kappa shape index (κ3) is 5.88. The van der Waals surface area contributed by atoms with Crippen molar-refractivity contribution in [3.63, 3.8) is 0 Å². The van der Waals surface area contributed by atoms with Gasteiger partial charge in [0.15, 0.2) is 5.75 Å². The smallest absolute Gasteiger partial charge is 0.319 e. The number of ether oxygens (including phenoxy) is 2. The minimum atomic E-state index is -1.34. The summed E-state index contributed by atoms with van der Waals surface area (Å²) >= 11 is 13.7. The molecule has 11 heteroatoms. The van der Waals surface area contributed by atoms with E-state index in [4.69, 9.17) is 32.7 Å². The van der Waals surface area contributed by atoms with Crippen LogP contribution in [0.3, 0.4) is 0 Å². The van der Waals surface area contributed by atoms with Gasteiger partial charge < -0.3 is 20.1 Å². The highest BCUT2D eigenvalue weighted by molar-refractivity contribution is 8.03. The molecule has 1 aliphatic rings. The number of esters is 1. The number of nitrogens with one attached hydrogen (secondary N) is 2. The fourth-order valence-corrected chi connectivity index (χ4v) is 4.67. The molecule has 0 spiro atoms. The molecule has 0 radical (unpaired) electrons. The Morgan fingerprint density at radius 2 is 1.94 bits per heavy atom. The van der Waals surface area contributed by atoms with Gasteiger partial charge in [-0.3, -0.25) is 14.4 Å². The number of amides is 2. The van der Waals surface area contributed by atoms with Crippen LogP contribution in [0.2, 0.25) is 10.0 Å². The number of halogens is 2. The van der Waals surface area contributed by atoms with Crippen LogP contribution in [0.15, 0.2) is 22.7 Å². The summed E-state index contributed by atoms with van der Waals surface area (Å²) in [6, 6.07) is 5.08. The van der Waals surface area contributed by atoms with Crippen LogP contribution >= 0.6 is 35.0 Å². The lowest BCUT2D eigenvalue weighted by atomic mass is 9.78. The zero-order valence-electron chi connectivity index (χ0n) is 17.8. The maximum absolute atomic E-state index is 12.8. The lowest BCUT2D eigenvalue weighted by molar-refractivity contribution is -0.150. The molecule has 2 amide bonds. The van der Waals surface area contributed by atoms with Crippen molar-refractivity contribution in [1.82, 2.24) is 10.6 Å². The standard InChI is InChI=1S/C21H23Cl2N3O5S/c1-4-6-25-15(27)10-32-20-12(9-24)16(17(19(28)26-20)21(29)30-3)11-7-13(22)18(31-5-2)14(23)8-11/h7-8,16-17H,4-6,10H2,1-3H3,(H,25,27)(H,26,28)/t16-,17-/m0/s1. The Bertz CT molecular complexity index is 954. The average molecular weight is 500 g/mol. The summed E-state index contributed by atoms with van der Waals surface area (Å²) in [5.41, 5.74) is 0.475. The normalized spacial score (nSPS) is 17.9. The predicted octanol–water partition coefficient (Wildman–Crippen LogP) is 3.39. The maximum atomic E-state index is 12.8. The number of rotatable bonds is 9. The van der Waals surface area contributed by atoms with Gasteiger partial charge in [0.25, 0.3) is 0 Å². The Morgan fingerprint density at radius 3 is 2.47 bits per heavy atom. The number of hydrogen-bond donors (Lipinski definition) is 2. The molecule has 1 aliphatic heterocycles. The molecule has 1 aromatic carbocycles. The van der Waals surface area contributed by atoms with Gasteiger partial charge in [0.2, 0.25) is 11.8 Å². The van der Waals surface area contributed by atoms with Crippen LogP contribution in [0.1, 0.15) is 31.7 Å². The second-order valence-corrected chi connectivity index (χ2v) is 8.51. The van der Waals surface area contributed by atoms with Gasteiger partial charge >= 0.3 is 5.97 Å². The number of carbonyl (C=O) groups excluding carboxylic acids is 3. The quantitative estimate of drug-likeness (QED) is 0.394. The highest BCUT2D eigenvalue weighted by Crippen LogP contribution is 2.44. The Balaban J connectivity index is 2.54. The molecule has 0 fully saturated rings. The van der Waals surface area contributed by atoms with Crippen LogP contribution in [0.5, 0.6) is 5.75 Å². The minimum Gasteiger partial charge on any atom is -0.491 e. The molecule has 1 aromatic rings. The minimum absolute atomic E-state index is 0.0127. The molecule has 0 bridgehead atoms. The lowest BCUT2D eigenvalue weighted by Crippen LogP contribution is -2.44. The SMILES string of the molecule is CCCNC(=O)CSC1=C(C#N)[C@H](c2cc(Cl)c(OCC)c(Cl)c2)[C@H](C(=O)OC)C(=O)N1. The first-order valence-electron chi connectivity index (χ1n) is 9.83. The second-order valence-electron chi connectivity index (χ2n) is 6.71. The number of benzene rings is 1. The predicted molar refractivity (Wildman–Crippen MR) is 122 cm³/mol. The van der Waals surface area contributed by atoms with Crippen LogP contribution in [0.25, 0.3) is 0 Å². The first kappa shape index (κ1) is 25.8. The highest BCUT2D eigenvalue weighted by atomic mass is 35.5. The number of thioether (sulfide) groups is 1. The third-order valence-corrected chi connectivity index (χ3v) is 6.15. The van der Waals surface area contributed by atoms with Gasteiger partial charge in [-0.05, 0) is 31.0 Å². The topological polar surface area (TPSA) is 118 Å². The number of nitriles is 1. The van der Waals surface area contributed by atoms with Gasteiger partial charge in [-0.25, -0.2) is 0 Å². The van der Waals surface area contributed by atoms with Gasteiger partial charge in [0.05, 0.1) is 46.2 Å². The molecule has 2 atom stereocenters. The molecule has 0 saturated heterocycles. The molecule has 32 heavy (non-hydrogen) atoms. The third-order valence-electron chi connectivity index (χ3n) is 4.57. The summed E-state index contributed by atoms with van der Waals surface area (Å²) in [6.45, 7) is 4.55. The van der Waals surface area contributed by atoms with Crippen molar-refractivity contribution in [2.75, 3.05) is 26.0 Å². The van der Waals surface area contributed by atoms with Crippen LogP contribution in [-0.4, -0.2) is 43.8 Å². The molecular formula is C21H23Cl2N3O5S. The molecule has 2 rings (SSSR count). The molecule has 0 saturated carbocycles. The lowest BCUT2D eigenvalue weighted by Gasteiger charge is -2.31. The van der Waals surface area contributed by atoms with Crippen molar-refractivity contribution in [2.24, 2.45) is 5.92 Å². The first-order chi connectivity index (χ1) is 15.3. The van der Waals surface area contributed by atoms with Crippen molar-refractivity contribution < 1.29 is 23.9 Å². The summed E-state index contributed by atoms with van der Waals surface area (Å²) in [7, 11) is 1.16. The zero-order chi connectivity index (χ0) is 23.8. The van der Waals surface area contributed by atoms with E-state index in [1.165, 1.54) is 12.1 Å². The van der Waals surface area contributed by atoms with Crippen molar-refractivity contribution >= 4 is 52.7 Å². The van der Waals surface area contributed by atoms with E-state index in [1.54, 1.807) is 6.92 Å². The van der Waals surface area contributed by atoms with Gasteiger partial charge in [-0.1, -0.05) is 41.9 Å². The molecule has 172 valence electrons. The fourth-order valence-electron chi connectivity index (χ4n) is 3.17. The van der Waals surface area contributed by atoms with Gasteiger partial charge in [0.1, 0.15) is 5.92 Å². The Hall–Kier alpha value is -2.41. The fraction of sp³-hybridized carbons (Fsp3) is 0.429. The Labute approximate surface area is 200 Å². The molecule has 1 heterocycles. The number of carbonyl (C=O) groups is 3. The number of methoxy groups -OCH3 is 1. The largest absolute Gasteiger partial charge is 0.491 e. The van der Waals surface area contributed by atoms with Gasteiger partial charge in [-0.2, -0.15) is 5.26 Å². The van der Waals surface area contributed by atoms with Crippen LogP contribution < -0.4 is 15.4 Å². The Kier molecular flexibility index (Phi) is 9.69. The molecule has 8 nitrogen and oxygen atoms in total. The van der Waals surface area contributed by atoms with Gasteiger partial charge in [-0.15, -0.1) is 0 Å². The number of hydrogen-bond acceptors (Lipinski definition) is 7. The van der Waals surface area contributed by atoms with Crippen LogP contribution in [0.4, 0.5) is 0 Å². The highest BCUT2D eigenvalue weighted by Gasteiger charge is 2.44. The van der Waals surface area contributed by atoms with Crippen molar-refractivity contribution in [3.05, 3.63) is 38.3 Å². The van der Waals surface area contributed by atoms with Crippen molar-refractivity contribution in [2.45, 2.75) is 26.2 Å². The van der Waals surface area contributed by atoms with Crippen molar-refractivity contribution in [1.29, 1.82) is 5.26 Å². The zero-order valence-corrected chi connectivity index (χ0v) is 20.1. The van der Waals surface area contributed by atoms with Gasteiger partial charge in [0, 0.05) is 12.5 Å². The Morgan fingerprint density at radius 1 is 1.28 bits per heavy atom. The average Bonchev–Trinajstić information content (AvgIpc) is 2.77. The summed E-state index contributed by atoms with van der Waals surface area (Å²) in [6.07, 6.45) is 0.779. The van der Waals surface area contributed by atoms with E-state index in [1.807, 2.05) is 6.92 Å². The molecular weight excluding hydrogens is 477 g/mol. The second kappa shape index (κ2) is 12.0. The number of nitrogens with zero attached hydrogens (tertiary/aromatic N) is 1. The van der Waals surface area contributed by atoms with E-state index < -0.39 is 23.7 Å². The summed E-state index contributed by atoms with van der Waals surface area (Å²) < 4.78 is 10.2. The first-order valence-corrected chi connectivity index (χ1v) is 11.6. The maximum Gasteiger partial charge on any atom is 0.319 e. The summed E-state index contributed by atoms with van der Waals surface area (Å²) in [5.74, 6) is -3.80. The van der Waals surface area contributed by atoms with E-state index in [0.717, 1.165) is 25.3 Å². The van der Waals surface area contributed by atoms with E-state index in [2.05, 4.69) is 16.7 Å². The molecule has 0 unspecified atom stereocenters. The molecule has 0 aliphatic carbocycles. The van der Waals surface area contributed by atoms with Crippen LogP contribution in [-0.2, 0) is 19.1 Å². The van der Waals surface area contributed by atoms with E-state index in [-0.39, 0.29) is 38.1 Å². The van der Waals surface area contributed by atoms with Crippen molar-refractivity contribution in [3.8, 4) is 11.8 Å². The summed E-state index contributed by atoms with van der Waals surface area (Å²) in [4.78, 5) is 37.3. The molecule has 0 aromatic heterocycles. The van der Waals surface area contributed by atoms with E-state index in [9.17, 15) is 19.6 Å². The van der Waals surface area contributed by atoms with E-state index >= 15 is 0 Å². The van der Waals surface area contributed by atoms with E-state index in [0.29, 0.717) is 18.7 Å². The monoisotopic (exact) mass is 499 g/mol. The van der Waals surface area contributed by atoms with Crippen LogP contribution in [0, 0.1) is 17.2 Å². The molecule has 2 N–H and O–H groups in total.